The Bertz CT molecular complexity index is 1080. The number of sulfonamides is 1. The predicted octanol–water partition coefficient (Wildman–Crippen LogP) is 2.47. The first-order valence-corrected chi connectivity index (χ1v) is 11.7. The molecule has 4 rings (SSSR count). The highest BCUT2D eigenvalue weighted by molar-refractivity contribution is 7.89. The third kappa shape index (κ3) is 4.57. The second-order valence-corrected chi connectivity index (χ2v) is 9.86. The largest absolute Gasteiger partial charge is 0.482 e. The Morgan fingerprint density at radius 3 is 2.65 bits per heavy atom. The lowest BCUT2D eigenvalue weighted by Crippen LogP contribution is -2.43. The van der Waals surface area contributed by atoms with Crippen LogP contribution in [0.5, 0.6) is 5.75 Å². The maximum absolute atomic E-state index is 12.9. The van der Waals surface area contributed by atoms with Crippen molar-refractivity contribution in [1.29, 1.82) is 0 Å². The van der Waals surface area contributed by atoms with E-state index in [1.807, 2.05) is 0 Å². The fourth-order valence-corrected chi connectivity index (χ4v) is 5.49. The van der Waals surface area contributed by atoms with Crippen LogP contribution in [0.2, 0.25) is 0 Å². The smallest absolute Gasteiger partial charge is 0.265 e. The molecule has 31 heavy (non-hydrogen) atoms. The van der Waals surface area contributed by atoms with E-state index >= 15 is 0 Å². The summed E-state index contributed by atoms with van der Waals surface area (Å²) in [6.07, 6.45) is 1.89. The van der Waals surface area contributed by atoms with Crippen molar-refractivity contribution in [3.8, 4) is 5.75 Å². The number of ether oxygens (including phenoxy) is 1. The summed E-state index contributed by atoms with van der Waals surface area (Å²) in [7, 11) is -3.55. The van der Waals surface area contributed by atoms with Gasteiger partial charge in [-0.15, -0.1) is 0 Å². The van der Waals surface area contributed by atoms with Crippen LogP contribution in [0.1, 0.15) is 19.8 Å². The molecule has 8 nitrogen and oxygen atoms in total. The van der Waals surface area contributed by atoms with E-state index in [0.717, 1.165) is 12.8 Å². The van der Waals surface area contributed by atoms with E-state index in [0.29, 0.717) is 36.1 Å². The molecule has 2 aliphatic heterocycles. The molecule has 2 aromatic rings. The molecule has 0 spiro atoms. The van der Waals surface area contributed by atoms with Gasteiger partial charge < -0.3 is 10.1 Å². The summed E-state index contributed by atoms with van der Waals surface area (Å²) >= 11 is 0. The number of fused-ring (bicyclic) bond motifs is 1. The van der Waals surface area contributed by atoms with Crippen LogP contribution in [0, 0.1) is 5.92 Å². The van der Waals surface area contributed by atoms with Crippen LogP contribution in [0.25, 0.3) is 0 Å². The number of rotatable bonds is 5. The summed E-state index contributed by atoms with van der Waals surface area (Å²) in [5.74, 6) is 0.211. The van der Waals surface area contributed by atoms with Gasteiger partial charge in [-0.2, -0.15) is 4.31 Å². The number of hydrogen-bond donors (Lipinski definition) is 1. The number of benzene rings is 2. The van der Waals surface area contributed by atoms with Gasteiger partial charge in [0, 0.05) is 18.8 Å². The van der Waals surface area contributed by atoms with Crippen molar-refractivity contribution in [3.63, 3.8) is 0 Å². The number of nitrogens with zero attached hydrogens (tertiary/aromatic N) is 2. The molecule has 0 aromatic heterocycles. The lowest BCUT2D eigenvalue weighted by Gasteiger charge is -2.30. The standard InChI is InChI=1S/C22H25N3O5S/c1-16-5-4-12-24(13-16)31(28,29)18-10-8-17(9-11-18)23-21(26)14-25-19-6-2-3-7-20(19)30-15-22(25)27/h2-3,6-11,16H,4-5,12-15H2,1H3,(H,23,26). The van der Waals surface area contributed by atoms with E-state index in [4.69, 9.17) is 4.74 Å². The van der Waals surface area contributed by atoms with Crippen molar-refractivity contribution in [2.24, 2.45) is 5.92 Å². The number of carbonyl (C=O) groups is 2. The molecule has 1 fully saturated rings. The minimum absolute atomic E-state index is 0.119. The predicted molar refractivity (Wildman–Crippen MR) is 117 cm³/mol. The lowest BCUT2D eigenvalue weighted by atomic mass is 10.0. The molecule has 1 atom stereocenters. The van der Waals surface area contributed by atoms with Gasteiger partial charge in [-0.25, -0.2) is 8.42 Å². The highest BCUT2D eigenvalue weighted by atomic mass is 32.2. The molecule has 2 heterocycles. The Morgan fingerprint density at radius 2 is 1.90 bits per heavy atom. The first-order chi connectivity index (χ1) is 14.8. The van der Waals surface area contributed by atoms with Crippen molar-refractivity contribution in [2.45, 2.75) is 24.7 Å². The molecule has 1 N–H and O–H groups in total. The number of amides is 2. The zero-order chi connectivity index (χ0) is 22.0. The average Bonchev–Trinajstić information content (AvgIpc) is 2.76. The van der Waals surface area contributed by atoms with E-state index in [1.165, 1.54) is 21.3 Å². The summed E-state index contributed by atoms with van der Waals surface area (Å²) in [6, 6.07) is 13.2. The number of hydrogen-bond acceptors (Lipinski definition) is 5. The lowest BCUT2D eigenvalue weighted by molar-refractivity contribution is -0.123. The molecule has 164 valence electrons. The highest BCUT2D eigenvalue weighted by Gasteiger charge is 2.29. The average molecular weight is 444 g/mol. The number of nitrogens with one attached hydrogen (secondary N) is 1. The van der Waals surface area contributed by atoms with Gasteiger partial charge in [-0.3, -0.25) is 14.5 Å². The first kappa shape index (κ1) is 21.3. The minimum atomic E-state index is -3.55. The Balaban J connectivity index is 1.42. The number of piperidine rings is 1. The van der Waals surface area contributed by atoms with E-state index < -0.39 is 10.0 Å². The maximum Gasteiger partial charge on any atom is 0.265 e. The molecular formula is C22H25N3O5S. The van der Waals surface area contributed by atoms with Crippen LogP contribution in [0.15, 0.2) is 53.4 Å². The van der Waals surface area contributed by atoms with E-state index in [9.17, 15) is 18.0 Å². The monoisotopic (exact) mass is 443 g/mol. The molecule has 1 saturated heterocycles. The van der Waals surface area contributed by atoms with Gasteiger partial charge in [-0.1, -0.05) is 19.1 Å². The molecule has 2 amide bonds. The summed E-state index contributed by atoms with van der Waals surface area (Å²) in [6.45, 7) is 2.82. The summed E-state index contributed by atoms with van der Waals surface area (Å²) in [5, 5.41) is 2.72. The van der Waals surface area contributed by atoms with E-state index in [-0.39, 0.29) is 29.9 Å². The van der Waals surface area contributed by atoms with Gasteiger partial charge in [0.25, 0.3) is 5.91 Å². The van der Waals surface area contributed by atoms with Crippen molar-refractivity contribution in [1.82, 2.24) is 4.31 Å². The Morgan fingerprint density at radius 1 is 1.16 bits per heavy atom. The molecule has 0 aliphatic carbocycles. The van der Waals surface area contributed by atoms with Gasteiger partial charge >= 0.3 is 0 Å². The molecule has 2 aliphatic rings. The van der Waals surface area contributed by atoms with Gasteiger partial charge in [0.15, 0.2) is 6.61 Å². The van der Waals surface area contributed by atoms with Gasteiger partial charge in [0.1, 0.15) is 12.3 Å². The van der Waals surface area contributed by atoms with Crippen molar-refractivity contribution >= 4 is 33.2 Å². The van der Waals surface area contributed by atoms with Gasteiger partial charge in [0.05, 0.1) is 10.6 Å². The van der Waals surface area contributed by atoms with E-state index in [2.05, 4.69) is 12.2 Å². The molecule has 0 saturated carbocycles. The second-order valence-electron chi connectivity index (χ2n) is 7.92. The van der Waals surface area contributed by atoms with E-state index in [1.54, 1.807) is 36.4 Å². The maximum atomic E-state index is 12.9. The molecule has 9 heteroatoms. The summed E-state index contributed by atoms with van der Waals surface area (Å²) in [4.78, 5) is 26.3. The van der Waals surface area contributed by atoms with Gasteiger partial charge in [-0.05, 0) is 55.2 Å². The third-order valence-corrected chi connectivity index (χ3v) is 7.38. The van der Waals surface area contributed by atoms with Crippen LogP contribution >= 0.6 is 0 Å². The van der Waals surface area contributed by atoms with Crippen LogP contribution < -0.4 is 15.0 Å². The molecule has 0 bridgehead atoms. The van der Waals surface area contributed by atoms with Crippen molar-refractivity contribution < 1.29 is 22.7 Å². The van der Waals surface area contributed by atoms with Crippen LogP contribution in [0.3, 0.4) is 0 Å². The topological polar surface area (TPSA) is 96.0 Å². The summed E-state index contributed by atoms with van der Waals surface area (Å²) < 4.78 is 32.6. The van der Waals surface area contributed by atoms with Crippen LogP contribution in [-0.2, 0) is 19.6 Å². The number of carbonyl (C=O) groups excluding carboxylic acids is 2. The third-order valence-electron chi connectivity index (χ3n) is 5.51. The molecule has 0 radical (unpaired) electrons. The summed E-state index contributed by atoms with van der Waals surface area (Å²) in [5.41, 5.74) is 1.01. The fraction of sp³-hybridized carbons (Fsp3) is 0.364. The zero-order valence-corrected chi connectivity index (χ0v) is 18.1. The van der Waals surface area contributed by atoms with Crippen LogP contribution in [0.4, 0.5) is 11.4 Å². The zero-order valence-electron chi connectivity index (χ0n) is 17.3. The SMILES string of the molecule is CC1CCCN(S(=O)(=O)c2ccc(NC(=O)CN3C(=O)COc4ccccc43)cc2)C1. The van der Waals surface area contributed by atoms with Crippen LogP contribution in [-0.4, -0.2) is 50.8 Å². The fourth-order valence-electron chi connectivity index (χ4n) is 3.90. The minimum Gasteiger partial charge on any atom is -0.482 e. The quantitative estimate of drug-likeness (QED) is 0.766. The molecule has 1 unspecified atom stereocenters. The Hall–Kier alpha value is -2.91. The number of para-hydroxylation sites is 2. The second kappa shape index (κ2) is 8.68. The van der Waals surface area contributed by atoms with Crippen molar-refractivity contribution in [2.75, 3.05) is 36.5 Å². The first-order valence-electron chi connectivity index (χ1n) is 10.3. The normalized spacial score (nSPS) is 19.5. The van der Waals surface area contributed by atoms with Crippen molar-refractivity contribution in [3.05, 3.63) is 48.5 Å². The number of anilines is 2. The Labute approximate surface area is 181 Å². The van der Waals surface area contributed by atoms with Gasteiger partial charge in [0.2, 0.25) is 15.9 Å². The molecule has 2 aromatic carbocycles. The highest BCUT2D eigenvalue weighted by Crippen LogP contribution is 2.31. The Kier molecular flexibility index (Phi) is 5.97. The molecular weight excluding hydrogens is 418 g/mol.